The first-order valence-electron chi connectivity index (χ1n) is 6.93. The fourth-order valence-electron chi connectivity index (χ4n) is 1.75. The van der Waals surface area contributed by atoms with Crippen LogP contribution in [0.25, 0.3) is 0 Å². The molecular formula is C14H25NO5S. The first-order valence-corrected chi connectivity index (χ1v) is 7.81. The Labute approximate surface area is 130 Å². The van der Waals surface area contributed by atoms with Crippen molar-refractivity contribution in [1.82, 2.24) is 4.90 Å². The fourth-order valence-corrected chi connectivity index (χ4v) is 2.79. The Hall–Kier alpha value is -0.950. The largest absolute Gasteiger partial charge is 0.452 e. The summed E-state index contributed by atoms with van der Waals surface area (Å²) in [4.78, 5) is 25.1. The maximum absolute atomic E-state index is 11.9. The SMILES string of the molecule is CC(C)(C)OC(=O)SC1CN(C(=O)OC(C)(C)C)CC1O. The summed E-state index contributed by atoms with van der Waals surface area (Å²) in [5, 5.41) is 9.13. The zero-order valence-corrected chi connectivity index (χ0v) is 14.3. The van der Waals surface area contributed by atoms with E-state index < -0.39 is 34.0 Å². The van der Waals surface area contributed by atoms with Gasteiger partial charge in [-0.25, -0.2) is 9.59 Å². The second-order valence-corrected chi connectivity index (χ2v) is 8.25. The van der Waals surface area contributed by atoms with Crippen LogP contribution in [0, 0.1) is 0 Å². The van der Waals surface area contributed by atoms with Crippen molar-refractivity contribution in [3.63, 3.8) is 0 Å². The average Bonchev–Trinajstić information content (AvgIpc) is 2.54. The van der Waals surface area contributed by atoms with Crippen molar-refractivity contribution < 1.29 is 24.2 Å². The Morgan fingerprint density at radius 2 is 1.57 bits per heavy atom. The minimum Gasteiger partial charge on any atom is -0.452 e. The van der Waals surface area contributed by atoms with Gasteiger partial charge < -0.3 is 19.5 Å². The molecule has 1 amide bonds. The lowest BCUT2D eigenvalue weighted by Crippen LogP contribution is -2.36. The summed E-state index contributed by atoms with van der Waals surface area (Å²) >= 11 is 0.921. The van der Waals surface area contributed by atoms with Crippen LogP contribution in [-0.4, -0.2) is 57.0 Å². The molecule has 1 rings (SSSR count). The van der Waals surface area contributed by atoms with Crippen LogP contribution in [0.15, 0.2) is 0 Å². The van der Waals surface area contributed by atoms with Gasteiger partial charge in [-0.15, -0.1) is 0 Å². The molecule has 1 heterocycles. The van der Waals surface area contributed by atoms with Gasteiger partial charge in [0.2, 0.25) is 0 Å². The van der Waals surface area contributed by atoms with Crippen LogP contribution in [0.3, 0.4) is 0 Å². The van der Waals surface area contributed by atoms with Crippen molar-refractivity contribution in [3.8, 4) is 0 Å². The molecule has 0 spiro atoms. The first-order chi connectivity index (χ1) is 9.37. The molecule has 21 heavy (non-hydrogen) atoms. The van der Waals surface area contributed by atoms with E-state index >= 15 is 0 Å². The molecule has 0 aliphatic carbocycles. The second-order valence-electron chi connectivity index (χ2n) is 7.07. The number of aliphatic hydroxyl groups is 1. The average molecular weight is 319 g/mol. The number of carbonyl (C=O) groups excluding carboxylic acids is 2. The van der Waals surface area contributed by atoms with Crippen LogP contribution in [0.5, 0.6) is 0 Å². The normalized spacial score (nSPS) is 23.1. The van der Waals surface area contributed by atoms with E-state index in [0.717, 1.165) is 11.8 Å². The molecule has 0 radical (unpaired) electrons. The Morgan fingerprint density at radius 1 is 1.05 bits per heavy atom. The van der Waals surface area contributed by atoms with Gasteiger partial charge in [-0.05, 0) is 53.3 Å². The third kappa shape index (κ3) is 6.56. The quantitative estimate of drug-likeness (QED) is 0.749. The minimum atomic E-state index is -0.768. The van der Waals surface area contributed by atoms with Crippen molar-refractivity contribution >= 4 is 23.2 Å². The topological polar surface area (TPSA) is 76.1 Å². The van der Waals surface area contributed by atoms with Gasteiger partial charge in [-0.1, -0.05) is 0 Å². The Balaban J connectivity index is 2.53. The number of ether oxygens (including phenoxy) is 2. The number of likely N-dealkylation sites (tertiary alicyclic amines) is 1. The van der Waals surface area contributed by atoms with Gasteiger partial charge in [0.25, 0.3) is 0 Å². The van der Waals surface area contributed by atoms with Gasteiger partial charge in [-0.2, -0.15) is 0 Å². The van der Waals surface area contributed by atoms with E-state index in [1.807, 2.05) is 0 Å². The van der Waals surface area contributed by atoms with Crippen molar-refractivity contribution in [3.05, 3.63) is 0 Å². The lowest BCUT2D eigenvalue weighted by atomic mass is 10.2. The van der Waals surface area contributed by atoms with Gasteiger partial charge in [0.15, 0.2) is 0 Å². The standard InChI is InChI=1S/C14H25NO5S/c1-13(2,3)19-11(17)15-7-9(16)10(8-15)21-12(18)20-14(4,5)6/h9-10,16H,7-8H2,1-6H3. The molecule has 1 aliphatic rings. The van der Waals surface area contributed by atoms with E-state index in [-0.39, 0.29) is 13.1 Å². The van der Waals surface area contributed by atoms with E-state index in [9.17, 15) is 14.7 Å². The zero-order chi connectivity index (χ0) is 16.4. The van der Waals surface area contributed by atoms with Crippen LogP contribution in [-0.2, 0) is 9.47 Å². The van der Waals surface area contributed by atoms with Gasteiger partial charge in [0.1, 0.15) is 11.2 Å². The molecule has 6 nitrogen and oxygen atoms in total. The molecule has 1 saturated heterocycles. The molecule has 0 aromatic heterocycles. The van der Waals surface area contributed by atoms with E-state index in [4.69, 9.17) is 9.47 Å². The Bertz CT molecular complexity index is 399. The molecule has 0 saturated carbocycles. The van der Waals surface area contributed by atoms with Crippen molar-refractivity contribution in [1.29, 1.82) is 0 Å². The highest BCUT2D eigenvalue weighted by molar-refractivity contribution is 8.13. The predicted molar refractivity (Wildman–Crippen MR) is 81.4 cm³/mol. The van der Waals surface area contributed by atoms with Crippen LogP contribution in [0.2, 0.25) is 0 Å². The Morgan fingerprint density at radius 3 is 2.05 bits per heavy atom. The minimum absolute atomic E-state index is 0.162. The molecule has 0 aromatic rings. The summed E-state index contributed by atoms with van der Waals surface area (Å²) in [5.41, 5.74) is -1.16. The number of carbonyl (C=O) groups is 2. The first kappa shape index (κ1) is 18.1. The summed E-state index contributed by atoms with van der Waals surface area (Å²) in [7, 11) is 0. The van der Waals surface area contributed by atoms with Gasteiger partial charge in [0.05, 0.1) is 17.9 Å². The summed E-state index contributed by atoms with van der Waals surface area (Å²) in [5.74, 6) is 0. The van der Waals surface area contributed by atoms with Crippen molar-refractivity contribution in [2.24, 2.45) is 0 Å². The highest BCUT2D eigenvalue weighted by Gasteiger charge is 2.38. The third-order valence-corrected chi connectivity index (χ3v) is 3.57. The molecule has 1 aliphatic heterocycles. The molecule has 122 valence electrons. The van der Waals surface area contributed by atoms with Crippen molar-refractivity contribution in [2.75, 3.05) is 13.1 Å². The Kier molecular flexibility index (Phi) is 5.55. The molecule has 7 heteroatoms. The molecule has 1 N–H and O–H groups in total. The monoisotopic (exact) mass is 319 g/mol. The maximum atomic E-state index is 11.9. The molecule has 1 fully saturated rings. The number of hydrogen-bond donors (Lipinski definition) is 1. The van der Waals surface area contributed by atoms with Gasteiger partial charge >= 0.3 is 11.4 Å². The summed E-state index contributed by atoms with van der Waals surface area (Å²) in [6.07, 6.45) is -1.25. The number of aliphatic hydroxyl groups excluding tert-OH is 1. The summed E-state index contributed by atoms with van der Waals surface area (Å²) < 4.78 is 10.5. The highest BCUT2D eigenvalue weighted by atomic mass is 32.2. The number of β-amino-alcohol motifs (C(OH)–C–C–N with tert-alkyl or cyclic N) is 1. The number of nitrogens with zero attached hydrogens (tertiary/aromatic N) is 1. The molecular weight excluding hydrogens is 294 g/mol. The number of amides is 1. The summed E-state index contributed by atoms with van der Waals surface area (Å²) in [6.45, 7) is 11.1. The van der Waals surface area contributed by atoms with Crippen LogP contribution in [0.4, 0.5) is 9.59 Å². The zero-order valence-electron chi connectivity index (χ0n) is 13.5. The second kappa shape index (κ2) is 6.44. The molecule has 2 atom stereocenters. The number of rotatable bonds is 1. The number of thioether (sulfide) groups is 1. The van der Waals surface area contributed by atoms with Crippen LogP contribution in [0.1, 0.15) is 41.5 Å². The van der Waals surface area contributed by atoms with E-state index in [2.05, 4.69) is 0 Å². The molecule has 2 unspecified atom stereocenters. The lowest BCUT2D eigenvalue weighted by Gasteiger charge is -2.24. The number of hydrogen-bond acceptors (Lipinski definition) is 6. The van der Waals surface area contributed by atoms with Crippen LogP contribution >= 0.6 is 11.8 Å². The summed E-state index contributed by atoms with van der Waals surface area (Å²) in [6, 6.07) is 0. The van der Waals surface area contributed by atoms with Gasteiger partial charge in [-0.3, -0.25) is 0 Å². The van der Waals surface area contributed by atoms with Crippen LogP contribution < -0.4 is 0 Å². The highest BCUT2D eigenvalue weighted by Crippen LogP contribution is 2.27. The van der Waals surface area contributed by atoms with E-state index in [1.165, 1.54) is 4.90 Å². The molecule has 0 bridgehead atoms. The van der Waals surface area contributed by atoms with Gasteiger partial charge in [0, 0.05) is 6.54 Å². The fraction of sp³-hybridized carbons (Fsp3) is 0.857. The predicted octanol–water partition coefficient (Wildman–Crippen LogP) is 2.63. The maximum Gasteiger partial charge on any atom is 0.410 e. The smallest absolute Gasteiger partial charge is 0.410 e. The van der Waals surface area contributed by atoms with Crippen molar-refractivity contribution in [2.45, 2.75) is 64.1 Å². The third-order valence-electron chi connectivity index (χ3n) is 2.53. The molecule has 0 aromatic carbocycles. The lowest BCUT2D eigenvalue weighted by molar-refractivity contribution is 0.0270. The van der Waals surface area contributed by atoms with E-state index in [0.29, 0.717) is 0 Å². The van der Waals surface area contributed by atoms with E-state index in [1.54, 1.807) is 41.5 Å².